The maximum absolute atomic E-state index is 12.7. The molecule has 2 aromatic carbocycles. The van der Waals surface area contributed by atoms with Crippen LogP contribution in [-0.2, 0) is 6.54 Å². The molecule has 1 saturated heterocycles. The number of nitrogens with one attached hydrogen (secondary N) is 2. The lowest BCUT2D eigenvalue weighted by molar-refractivity contribution is 0.0783. The minimum absolute atomic E-state index is 0.0575. The maximum atomic E-state index is 12.7. The molecule has 1 amide bonds. The van der Waals surface area contributed by atoms with E-state index in [1.54, 1.807) is 0 Å². The zero-order valence-electron chi connectivity index (χ0n) is 20.2. The third kappa shape index (κ3) is 6.12. The molecule has 8 nitrogen and oxygen atoms in total. The summed E-state index contributed by atoms with van der Waals surface area (Å²) in [5.41, 5.74) is 2.76. The van der Waals surface area contributed by atoms with E-state index in [2.05, 4.69) is 43.9 Å². The molecule has 3 N–H and O–H groups in total. The van der Waals surface area contributed by atoms with Gasteiger partial charge in [-0.15, -0.1) is 0 Å². The predicted molar refractivity (Wildman–Crippen MR) is 138 cm³/mol. The van der Waals surface area contributed by atoms with Crippen LogP contribution in [0.5, 0.6) is 5.75 Å². The lowest BCUT2D eigenvalue weighted by Gasteiger charge is -2.20. The summed E-state index contributed by atoms with van der Waals surface area (Å²) >= 11 is 0. The number of rotatable bonds is 5. The number of carbonyl (C=O) groups excluding carboxylic acids is 1. The minimum Gasteiger partial charge on any atom is -0.502 e. The van der Waals surface area contributed by atoms with Gasteiger partial charge >= 0.3 is 0 Å². The molecule has 0 aliphatic carbocycles. The number of likely N-dealkylation sites (N-methyl/N-ethyl adjacent to an activating group) is 1. The van der Waals surface area contributed by atoms with Crippen molar-refractivity contribution in [3.05, 3.63) is 87.6 Å². The number of hydrogen-bond acceptors (Lipinski definition) is 6. The van der Waals surface area contributed by atoms with Gasteiger partial charge in [0.05, 0.1) is 12.9 Å². The highest BCUT2D eigenvalue weighted by Crippen LogP contribution is 2.17. The van der Waals surface area contributed by atoms with Crippen LogP contribution in [0.1, 0.15) is 33.6 Å². The first-order valence-electron chi connectivity index (χ1n) is 11.6. The van der Waals surface area contributed by atoms with Crippen molar-refractivity contribution in [2.45, 2.75) is 19.0 Å². The smallest absolute Gasteiger partial charge is 0.293 e. The quantitative estimate of drug-likeness (QED) is 0.484. The zero-order valence-corrected chi connectivity index (χ0v) is 20.2. The molecule has 4 rings (SSSR count). The number of H-pyrrole nitrogens is 1. The van der Waals surface area contributed by atoms with E-state index >= 15 is 0 Å². The van der Waals surface area contributed by atoms with Gasteiger partial charge in [0, 0.05) is 41.5 Å². The van der Waals surface area contributed by atoms with E-state index in [1.165, 1.54) is 6.33 Å². The van der Waals surface area contributed by atoms with Crippen LogP contribution in [-0.4, -0.2) is 64.0 Å². The van der Waals surface area contributed by atoms with Gasteiger partial charge in [-0.25, -0.2) is 4.98 Å². The molecule has 0 radical (unpaired) electrons. The Hall–Kier alpha value is -4.53. The van der Waals surface area contributed by atoms with Crippen LogP contribution in [0.3, 0.4) is 0 Å². The van der Waals surface area contributed by atoms with Gasteiger partial charge in [0.15, 0.2) is 0 Å². The fourth-order valence-electron chi connectivity index (χ4n) is 3.85. The van der Waals surface area contributed by atoms with Crippen molar-refractivity contribution in [3.63, 3.8) is 0 Å². The van der Waals surface area contributed by atoms with E-state index < -0.39 is 11.3 Å². The average Bonchev–Trinajstić information content (AvgIpc) is 3.39. The van der Waals surface area contributed by atoms with E-state index in [9.17, 15) is 14.7 Å². The minimum atomic E-state index is -0.571. The molecule has 182 valence electrons. The number of hydrogen-bond donors (Lipinski definition) is 3. The highest BCUT2D eigenvalue weighted by atomic mass is 16.3. The molecule has 1 fully saturated rings. The third-order valence-electron chi connectivity index (χ3n) is 6.04. The van der Waals surface area contributed by atoms with Crippen LogP contribution in [0, 0.1) is 23.7 Å². The summed E-state index contributed by atoms with van der Waals surface area (Å²) in [5.74, 6) is 11.4. The Morgan fingerprint density at radius 3 is 2.36 bits per heavy atom. The Labute approximate surface area is 210 Å². The SMILES string of the molecule is CN(C)C1CCN(C(=O)c2ccc(C#CC#Cc3ccc(NCc4nc[nH]c(=O)c4O)cc3)cc2)C1. The first-order chi connectivity index (χ1) is 17.4. The van der Waals surface area contributed by atoms with Crippen LogP contribution in [0.4, 0.5) is 5.69 Å². The zero-order chi connectivity index (χ0) is 25.5. The van der Waals surface area contributed by atoms with Crippen molar-refractivity contribution in [1.82, 2.24) is 19.8 Å². The number of aromatic nitrogens is 2. The second kappa shape index (κ2) is 11.3. The molecule has 1 unspecified atom stereocenters. The van der Waals surface area contributed by atoms with E-state index in [0.29, 0.717) is 11.6 Å². The van der Waals surface area contributed by atoms with Gasteiger partial charge in [-0.1, -0.05) is 11.8 Å². The van der Waals surface area contributed by atoms with Gasteiger partial charge in [0.2, 0.25) is 5.75 Å². The second-order valence-electron chi connectivity index (χ2n) is 8.69. The third-order valence-corrected chi connectivity index (χ3v) is 6.04. The summed E-state index contributed by atoms with van der Waals surface area (Å²) in [6.07, 6.45) is 2.25. The lowest BCUT2D eigenvalue weighted by atomic mass is 10.1. The first-order valence-corrected chi connectivity index (χ1v) is 11.6. The van der Waals surface area contributed by atoms with Crippen molar-refractivity contribution in [3.8, 4) is 29.4 Å². The predicted octanol–water partition coefficient (Wildman–Crippen LogP) is 2.27. The van der Waals surface area contributed by atoms with Crippen LogP contribution in [0.15, 0.2) is 59.7 Å². The van der Waals surface area contributed by atoms with Gasteiger partial charge in [-0.05, 0) is 80.9 Å². The molecule has 1 atom stereocenters. The average molecular weight is 482 g/mol. The summed E-state index contributed by atoms with van der Waals surface area (Å²) in [7, 11) is 4.09. The van der Waals surface area contributed by atoms with E-state index in [-0.39, 0.29) is 18.1 Å². The van der Waals surface area contributed by atoms with Gasteiger partial charge < -0.3 is 25.2 Å². The Bertz CT molecular complexity index is 1400. The fourth-order valence-corrected chi connectivity index (χ4v) is 3.85. The number of anilines is 1. The van der Waals surface area contributed by atoms with Crippen LogP contribution in [0.2, 0.25) is 0 Å². The van der Waals surface area contributed by atoms with Gasteiger partial charge in [-0.2, -0.15) is 0 Å². The van der Waals surface area contributed by atoms with Crippen LogP contribution in [0.25, 0.3) is 0 Å². The Morgan fingerprint density at radius 1 is 1.11 bits per heavy atom. The van der Waals surface area contributed by atoms with Gasteiger partial charge in [0.25, 0.3) is 11.5 Å². The van der Waals surface area contributed by atoms with E-state index in [0.717, 1.165) is 36.3 Å². The molecular formula is C28H27N5O3. The number of carbonyl (C=O) groups is 1. The molecule has 3 aromatic rings. The molecule has 0 saturated carbocycles. The summed E-state index contributed by atoms with van der Waals surface area (Å²) in [4.78, 5) is 34.5. The lowest BCUT2D eigenvalue weighted by Crippen LogP contribution is -2.34. The van der Waals surface area contributed by atoms with Crippen LogP contribution >= 0.6 is 0 Å². The summed E-state index contributed by atoms with van der Waals surface area (Å²) < 4.78 is 0. The first kappa shape index (κ1) is 24.6. The Morgan fingerprint density at radius 2 is 1.75 bits per heavy atom. The molecule has 2 heterocycles. The number of likely N-dealkylation sites (tertiary alicyclic amines) is 1. The van der Waals surface area contributed by atoms with E-state index in [4.69, 9.17) is 0 Å². The maximum Gasteiger partial charge on any atom is 0.293 e. The largest absolute Gasteiger partial charge is 0.502 e. The van der Waals surface area contributed by atoms with Crippen molar-refractivity contribution in [2.75, 3.05) is 32.5 Å². The van der Waals surface area contributed by atoms with Gasteiger partial charge in [0.1, 0.15) is 5.69 Å². The van der Waals surface area contributed by atoms with Crippen molar-refractivity contribution >= 4 is 11.6 Å². The second-order valence-corrected chi connectivity index (χ2v) is 8.69. The molecule has 1 aliphatic rings. The monoisotopic (exact) mass is 481 g/mol. The summed E-state index contributed by atoms with van der Waals surface area (Å²) in [6, 6.07) is 15.1. The summed E-state index contributed by atoms with van der Waals surface area (Å²) in [6.45, 7) is 1.76. The van der Waals surface area contributed by atoms with Gasteiger partial charge in [-0.3, -0.25) is 9.59 Å². The highest BCUT2D eigenvalue weighted by molar-refractivity contribution is 5.94. The summed E-state index contributed by atoms with van der Waals surface area (Å²) in [5, 5.41) is 12.8. The molecule has 8 heteroatoms. The molecule has 0 bridgehead atoms. The number of aromatic hydroxyl groups is 1. The topological polar surface area (TPSA) is 102 Å². The Balaban J connectivity index is 1.30. The van der Waals surface area contributed by atoms with Crippen molar-refractivity contribution in [2.24, 2.45) is 0 Å². The molecular weight excluding hydrogens is 454 g/mol. The number of aromatic amines is 1. The molecule has 0 spiro atoms. The standard InChI is InChI=1S/C28H27N5O3/c1-32(2)24-15-16-33(18-24)28(36)22-11-7-20(8-12-22)5-3-4-6-21-9-13-23(14-10-21)29-17-25-26(34)27(35)31-19-30-25/h7-14,19,24,29,34H,15-18H2,1-2H3,(H,30,31,35). The number of nitrogens with zero attached hydrogens (tertiary/aromatic N) is 3. The normalized spacial score (nSPS) is 14.5. The van der Waals surface area contributed by atoms with Crippen molar-refractivity contribution < 1.29 is 9.90 Å². The molecule has 1 aliphatic heterocycles. The molecule has 36 heavy (non-hydrogen) atoms. The molecule has 1 aromatic heterocycles. The number of amides is 1. The fraction of sp³-hybridized carbons (Fsp3) is 0.250. The Kier molecular flexibility index (Phi) is 7.69. The van der Waals surface area contributed by atoms with E-state index in [1.807, 2.05) is 67.5 Å². The highest BCUT2D eigenvalue weighted by Gasteiger charge is 2.27. The van der Waals surface area contributed by atoms with Crippen molar-refractivity contribution in [1.29, 1.82) is 0 Å². The number of benzene rings is 2. The van der Waals surface area contributed by atoms with Crippen LogP contribution < -0.4 is 10.9 Å².